The predicted molar refractivity (Wildman–Crippen MR) is 93.7 cm³/mol. The fourth-order valence-electron chi connectivity index (χ4n) is 2.84. The molecule has 1 aromatic carbocycles. The number of nitrogens with two attached hydrogens (primary N) is 1. The van der Waals surface area contributed by atoms with Crippen LogP contribution in [-0.2, 0) is 9.59 Å². The maximum absolute atomic E-state index is 12.5. The highest BCUT2D eigenvalue weighted by molar-refractivity contribution is 5.94. The smallest absolute Gasteiger partial charge is 0.239 e. The molecule has 1 fully saturated rings. The molecule has 24 heavy (non-hydrogen) atoms. The van der Waals surface area contributed by atoms with E-state index in [2.05, 4.69) is 5.32 Å². The van der Waals surface area contributed by atoms with Crippen molar-refractivity contribution in [2.75, 3.05) is 25.5 Å². The topological polar surface area (TPSA) is 84.7 Å². The monoisotopic (exact) mass is 333 g/mol. The highest BCUT2D eigenvalue weighted by Crippen LogP contribution is 2.26. The predicted octanol–water partition coefficient (Wildman–Crippen LogP) is 1.86. The summed E-state index contributed by atoms with van der Waals surface area (Å²) in [7, 11) is 1.58. The van der Waals surface area contributed by atoms with Crippen LogP contribution < -0.4 is 15.8 Å². The molecule has 0 bridgehead atoms. The van der Waals surface area contributed by atoms with Crippen LogP contribution in [-0.4, -0.2) is 43.0 Å². The lowest BCUT2D eigenvalue weighted by atomic mass is 9.94. The number of likely N-dealkylation sites (tertiary alicyclic amines) is 1. The molecule has 1 heterocycles. The maximum Gasteiger partial charge on any atom is 0.239 e. The Morgan fingerprint density at radius 1 is 1.25 bits per heavy atom. The van der Waals surface area contributed by atoms with E-state index in [0.717, 1.165) is 0 Å². The molecule has 0 saturated carbocycles. The van der Waals surface area contributed by atoms with Crippen molar-refractivity contribution in [2.24, 2.45) is 17.6 Å². The molecule has 132 valence electrons. The Kier molecular flexibility index (Phi) is 6.20. The van der Waals surface area contributed by atoms with Crippen molar-refractivity contribution in [3.63, 3.8) is 0 Å². The van der Waals surface area contributed by atoms with Crippen molar-refractivity contribution in [2.45, 2.75) is 32.7 Å². The number of amides is 2. The first-order valence-corrected chi connectivity index (χ1v) is 8.42. The third kappa shape index (κ3) is 4.26. The molecule has 1 aliphatic heterocycles. The van der Waals surface area contributed by atoms with Gasteiger partial charge in [0.1, 0.15) is 5.75 Å². The minimum absolute atomic E-state index is 0.0198. The number of rotatable bonds is 5. The second-order valence-electron chi connectivity index (χ2n) is 6.56. The van der Waals surface area contributed by atoms with Gasteiger partial charge in [-0.3, -0.25) is 9.59 Å². The molecule has 2 amide bonds. The number of hydrogen-bond acceptors (Lipinski definition) is 4. The van der Waals surface area contributed by atoms with Gasteiger partial charge in [0, 0.05) is 19.0 Å². The fourth-order valence-corrected chi connectivity index (χ4v) is 2.84. The third-order valence-corrected chi connectivity index (χ3v) is 4.55. The summed E-state index contributed by atoms with van der Waals surface area (Å²) >= 11 is 0. The van der Waals surface area contributed by atoms with Crippen LogP contribution in [0.1, 0.15) is 26.7 Å². The van der Waals surface area contributed by atoms with Crippen LogP contribution in [0.4, 0.5) is 5.69 Å². The van der Waals surface area contributed by atoms with Gasteiger partial charge in [-0.2, -0.15) is 0 Å². The molecule has 1 aromatic rings. The molecule has 0 radical (unpaired) electrons. The van der Waals surface area contributed by atoms with Gasteiger partial charge >= 0.3 is 0 Å². The number of carbonyl (C=O) groups is 2. The average Bonchev–Trinajstić information content (AvgIpc) is 2.60. The molecule has 1 atom stereocenters. The van der Waals surface area contributed by atoms with Crippen molar-refractivity contribution in [3.05, 3.63) is 24.3 Å². The molecular formula is C18H27N3O3. The molecule has 6 nitrogen and oxygen atoms in total. The van der Waals surface area contributed by atoms with Gasteiger partial charge in [-0.25, -0.2) is 0 Å². The summed E-state index contributed by atoms with van der Waals surface area (Å²) in [4.78, 5) is 26.5. The lowest BCUT2D eigenvalue weighted by Crippen LogP contribution is -2.50. The first-order valence-electron chi connectivity index (χ1n) is 8.42. The normalized spacial score (nSPS) is 16.8. The number of methoxy groups -OCH3 is 1. The van der Waals surface area contributed by atoms with E-state index in [1.54, 1.807) is 12.0 Å². The van der Waals surface area contributed by atoms with Crippen LogP contribution in [0.3, 0.4) is 0 Å². The molecule has 1 aliphatic rings. The van der Waals surface area contributed by atoms with Gasteiger partial charge in [-0.15, -0.1) is 0 Å². The molecule has 0 aliphatic carbocycles. The SMILES string of the molecule is COc1ccccc1NC(=O)C1CCN(C(=O)[C@@H](N)C(C)C)CC1. The first-order chi connectivity index (χ1) is 11.4. The second-order valence-corrected chi connectivity index (χ2v) is 6.56. The summed E-state index contributed by atoms with van der Waals surface area (Å²) in [6.07, 6.45) is 1.30. The summed E-state index contributed by atoms with van der Waals surface area (Å²) in [6.45, 7) is 5.03. The van der Waals surface area contributed by atoms with Gasteiger partial charge in [0.2, 0.25) is 11.8 Å². The summed E-state index contributed by atoms with van der Waals surface area (Å²) in [5, 5.41) is 2.92. The number of anilines is 1. The Bertz CT molecular complexity index is 581. The largest absolute Gasteiger partial charge is 0.495 e. The van der Waals surface area contributed by atoms with Crippen molar-refractivity contribution >= 4 is 17.5 Å². The zero-order valence-corrected chi connectivity index (χ0v) is 14.6. The van der Waals surface area contributed by atoms with Crippen LogP contribution in [0.2, 0.25) is 0 Å². The van der Waals surface area contributed by atoms with Crippen molar-refractivity contribution < 1.29 is 14.3 Å². The highest BCUT2D eigenvalue weighted by Gasteiger charge is 2.30. The van der Waals surface area contributed by atoms with Crippen LogP contribution in [0.25, 0.3) is 0 Å². The van der Waals surface area contributed by atoms with Crippen molar-refractivity contribution in [3.8, 4) is 5.75 Å². The summed E-state index contributed by atoms with van der Waals surface area (Å²) in [5.41, 5.74) is 6.61. The van der Waals surface area contributed by atoms with E-state index in [1.807, 2.05) is 38.1 Å². The zero-order chi connectivity index (χ0) is 17.7. The number of nitrogens with zero attached hydrogens (tertiary/aromatic N) is 1. The van der Waals surface area contributed by atoms with Gasteiger partial charge in [0.15, 0.2) is 0 Å². The van der Waals surface area contributed by atoms with Crippen molar-refractivity contribution in [1.82, 2.24) is 4.90 Å². The molecule has 2 rings (SSSR count). The van der Waals surface area contributed by atoms with E-state index < -0.39 is 6.04 Å². The average molecular weight is 333 g/mol. The van der Waals surface area contributed by atoms with E-state index in [-0.39, 0.29) is 23.7 Å². The van der Waals surface area contributed by atoms with Gasteiger partial charge in [-0.05, 0) is 30.9 Å². The second kappa shape index (κ2) is 8.15. The fraction of sp³-hybridized carbons (Fsp3) is 0.556. The molecule has 0 unspecified atom stereocenters. The van der Waals surface area contributed by atoms with E-state index in [1.165, 1.54) is 0 Å². The summed E-state index contributed by atoms with van der Waals surface area (Å²) in [5.74, 6) is 0.605. The van der Waals surface area contributed by atoms with E-state index in [0.29, 0.717) is 37.4 Å². The Morgan fingerprint density at radius 3 is 2.46 bits per heavy atom. The van der Waals surface area contributed by atoms with E-state index >= 15 is 0 Å². The van der Waals surface area contributed by atoms with Gasteiger partial charge in [-0.1, -0.05) is 26.0 Å². The molecule has 6 heteroatoms. The number of ether oxygens (including phenoxy) is 1. The zero-order valence-electron chi connectivity index (χ0n) is 14.6. The highest BCUT2D eigenvalue weighted by atomic mass is 16.5. The maximum atomic E-state index is 12.5. The molecule has 3 N–H and O–H groups in total. The van der Waals surface area contributed by atoms with Gasteiger partial charge < -0.3 is 20.7 Å². The quantitative estimate of drug-likeness (QED) is 0.861. The Morgan fingerprint density at radius 2 is 1.88 bits per heavy atom. The standard InChI is InChI=1S/C18H27N3O3/c1-12(2)16(19)18(23)21-10-8-13(9-11-21)17(22)20-14-6-4-5-7-15(14)24-3/h4-7,12-13,16H,8-11,19H2,1-3H3,(H,20,22)/t16-/m0/s1. The number of nitrogens with one attached hydrogen (secondary N) is 1. The van der Waals surface area contributed by atoms with Gasteiger partial charge in [0.25, 0.3) is 0 Å². The molecule has 1 saturated heterocycles. The molecule has 0 aromatic heterocycles. The number of carbonyl (C=O) groups excluding carboxylic acids is 2. The van der Waals surface area contributed by atoms with Crippen LogP contribution in [0.15, 0.2) is 24.3 Å². The summed E-state index contributed by atoms with van der Waals surface area (Å²) in [6, 6.07) is 6.87. The minimum Gasteiger partial charge on any atom is -0.495 e. The van der Waals surface area contributed by atoms with Crippen LogP contribution >= 0.6 is 0 Å². The Hall–Kier alpha value is -2.08. The van der Waals surface area contributed by atoms with Crippen molar-refractivity contribution in [1.29, 1.82) is 0 Å². The number of hydrogen-bond donors (Lipinski definition) is 2. The number of piperidine rings is 1. The first kappa shape index (κ1) is 18.3. The molecular weight excluding hydrogens is 306 g/mol. The molecule has 0 spiro atoms. The Balaban J connectivity index is 1.90. The number of benzene rings is 1. The third-order valence-electron chi connectivity index (χ3n) is 4.55. The lowest BCUT2D eigenvalue weighted by molar-refractivity contribution is -0.136. The number of para-hydroxylation sites is 2. The summed E-state index contributed by atoms with van der Waals surface area (Å²) < 4.78 is 5.25. The van der Waals surface area contributed by atoms with E-state index in [4.69, 9.17) is 10.5 Å². The van der Waals surface area contributed by atoms with Crippen LogP contribution in [0.5, 0.6) is 5.75 Å². The van der Waals surface area contributed by atoms with Crippen LogP contribution in [0, 0.1) is 11.8 Å². The van der Waals surface area contributed by atoms with Gasteiger partial charge in [0.05, 0.1) is 18.8 Å². The Labute approximate surface area is 143 Å². The van der Waals surface area contributed by atoms with E-state index in [9.17, 15) is 9.59 Å². The minimum atomic E-state index is -0.469. The lowest BCUT2D eigenvalue weighted by Gasteiger charge is -2.33.